The van der Waals surface area contributed by atoms with E-state index in [1.165, 1.54) is 18.2 Å². The Morgan fingerprint density at radius 2 is 1.82 bits per heavy atom. The maximum Gasteiger partial charge on any atom is 0.248 e. The van der Waals surface area contributed by atoms with Crippen molar-refractivity contribution in [2.75, 3.05) is 0 Å². The van der Waals surface area contributed by atoms with Crippen molar-refractivity contribution in [2.24, 2.45) is 0 Å². The Balaban J connectivity index is 2.56. The van der Waals surface area contributed by atoms with E-state index in [-0.39, 0.29) is 10.7 Å². The summed E-state index contributed by atoms with van der Waals surface area (Å²) in [6.45, 7) is 0. The summed E-state index contributed by atoms with van der Waals surface area (Å²) in [6, 6.07) is 4.14. The Kier molecular flexibility index (Phi) is 3.24. The van der Waals surface area contributed by atoms with E-state index in [0.717, 1.165) is 0 Å². The molecule has 0 spiro atoms. The molecule has 0 atom stereocenters. The van der Waals surface area contributed by atoms with Crippen LogP contribution in [-0.4, -0.2) is 23.6 Å². The van der Waals surface area contributed by atoms with Crippen molar-refractivity contribution in [2.45, 2.75) is 8.69 Å². The molecule has 4 N–H and O–H groups in total. The Bertz CT molecular complexity index is 549. The van der Waals surface area contributed by atoms with Gasteiger partial charge in [-0.05, 0) is 18.2 Å². The maximum absolute atomic E-state index is 9.10. The molecule has 5 nitrogen and oxygen atoms in total. The van der Waals surface area contributed by atoms with Gasteiger partial charge in [-0.25, -0.2) is 4.98 Å². The van der Waals surface area contributed by atoms with Gasteiger partial charge in [0.05, 0.1) is 15.9 Å². The van der Waals surface area contributed by atoms with Crippen molar-refractivity contribution < 1.29 is 13.7 Å². The smallest absolute Gasteiger partial charge is 0.248 e. The van der Waals surface area contributed by atoms with E-state index in [0.29, 0.717) is 11.0 Å². The number of hydrogen-bond acceptors (Lipinski definition) is 4. The number of hydrogen-bond donors (Lipinski definition) is 4. The SMILES string of the molecule is OS(O)(O)c1ccc2nc(C(Cl)(Cl)Cl)[nH]c2c1. The van der Waals surface area contributed by atoms with Crippen LogP contribution in [0.25, 0.3) is 11.0 Å². The number of nitrogens with zero attached hydrogens (tertiary/aromatic N) is 1. The first-order valence-electron chi connectivity index (χ1n) is 4.25. The predicted molar refractivity (Wildman–Crippen MR) is 69.1 cm³/mol. The zero-order valence-corrected chi connectivity index (χ0v) is 11.1. The second-order valence-electron chi connectivity index (χ2n) is 3.28. The normalized spacial score (nSPS) is 14.2. The topological polar surface area (TPSA) is 89.4 Å². The molecule has 1 aromatic carbocycles. The highest BCUT2D eigenvalue weighted by molar-refractivity contribution is 8.19. The highest BCUT2D eigenvalue weighted by atomic mass is 35.6. The summed E-state index contributed by atoms with van der Waals surface area (Å²) in [5, 5.41) is 0. The Morgan fingerprint density at radius 1 is 1.18 bits per heavy atom. The minimum absolute atomic E-state index is 0.0375. The van der Waals surface area contributed by atoms with Crippen LogP contribution in [0, 0.1) is 0 Å². The van der Waals surface area contributed by atoms with Crippen molar-refractivity contribution in [1.82, 2.24) is 9.97 Å². The predicted octanol–water partition coefficient (Wildman–Crippen LogP) is 3.97. The molecular formula is C8H7Cl3N2O3S. The van der Waals surface area contributed by atoms with Crippen LogP contribution in [0.4, 0.5) is 0 Å². The minimum atomic E-state index is -3.77. The number of rotatable bonds is 1. The Hall–Kier alpha value is -0.210. The van der Waals surface area contributed by atoms with Crippen molar-refractivity contribution in [1.29, 1.82) is 0 Å². The highest BCUT2D eigenvalue weighted by Gasteiger charge is 2.27. The average Bonchev–Trinajstić information content (AvgIpc) is 2.57. The largest absolute Gasteiger partial charge is 0.338 e. The average molecular weight is 318 g/mol. The van der Waals surface area contributed by atoms with Crippen LogP contribution in [0.2, 0.25) is 0 Å². The molecule has 1 aromatic heterocycles. The van der Waals surface area contributed by atoms with Gasteiger partial charge in [-0.1, -0.05) is 34.8 Å². The van der Waals surface area contributed by atoms with Crippen LogP contribution in [-0.2, 0) is 3.79 Å². The monoisotopic (exact) mass is 316 g/mol. The summed E-state index contributed by atoms with van der Waals surface area (Å²) in [4.78, 5) is 6.70. The van der Waals surface area contributed by atoms with Gasteiger partial charge in [0.25, 0.3) is 0 Å². The molecule has 0 fully saturated rings. The fourth-order valence-electron chi connectivity index (χ4n) is 1.29. The molecule has 0 aliphatic carbocycles. The summed E-state index contributed by atoms with van der Waals surface area (Å²) in [6.07, 6.45) is 0. The van der Waals surface area contributed by atoms with Gasteiger partial charge in [0.1, 0.15) is 10.9 Å². The lowest BCUT2D eigenvalue weighted by Crippen LogP contribution is -2.02. The number of aromatic nitrogens is 2. The molecule has 0 aliphatic heterocycles. The molecular weight excluding hydrogens is 311 g/mol. The van der Waals surface area contributed by atoms with Gasteiger partial charge in [-0.15, -0.1) is 0 Å². The highest BCUT2D eigenvalue weighted by Crippen LogP contribution is 2.44. The standard InChI is InChI=1S/C8H7Cl3N2O3S/c9-8(10,11)7-12-5-2-1-4(17(14,15)16)3-6(5)13-7/h1-3,14-16H,(H,12,13). The molecule has 0 unspecified atom stereocenters. The number of H-pyrrole nitrogens is 1. The van der Waals surface area contributed by atoms with Gasteiger partial charge >= 0.3 is 0 Å². The zero-order valence-electron chi connectivity index (χ0n) is 8.06. The van der Waals surface area contributed by atoms with E-state index >= 15 is 0 Å². The first-order chi connectivity index (χ1) is 7.68. The number of fused-ring (bicyclic) bond motifs is 1. The molecule has 1 heterocycles. The molecule has 0 bridgehead atoms. The minimum Gasteiger partial charge on any atom is -0.338 e. The number of alkyl halides is 3. The van der Waals surface area contributed by atoms with Gasteiger partial charge in [0, 0.05) is 0 Å². The number of nitrogens with one attached hydrogen (secondary N) is 1. The maximum atomic E-state index is 9.10. The molecule has 2 aromatic rings. The van der Waals surface area contributed by atoms with Crippen LogP contribution in [0.15, 0.2) is 23.1 Å². The van der Waals surface area contributed by atoms with Gasteiger partial charge < -0.3 is 18.6 Å². The van der Waals surface area contributed by atoms with Crippen molar-refractivity contribution in [3.05, 3.63) is 24.0 Å². The number of benzene rings is 1. The fraction of sp³-hybridized carbons (Fsp3) is 0.125. The van der Waals surface area contributed by atoms with Gasteiger partial charge in [-0.3, -0.25) is 0 Å². The van der Waals surface area contributed by atoms with Crippen molar-refractivity contribution in [3.8, 4) is 0 Å². The second kappa shape index (κ2) is 4.17. The number of imidazole rings is 1. The quantitative estimate of drug-likeness (QED) is 0.599. The third-order valence-electron chi connectivity index (χ3n) is 2.04. The van der Waals surface area contributed by atoms with Crippen LogP contribution in [0.5, 0.6) is 0 Å². The van der Waals surface area contributed by atoms with Crippen LogP contribution < -0.4 is 0 Å². The number of halogens is 3. The first-order valence-corrected chi connectivity index (χ1v) is 6.89. The summed E-state index contributed by atoms with van der Waals surface area (Å²) < 4.78 is 25.6. The van der Waals surface area contributed by atoms with Crippen molar-refractivity contribution in [3.63, 3.8) is 0 Å². The molecule has 94 valence electrons. The third kappa shape index (κ3) is 2.79. The first kappa shape index (κ1) is 13.2. The molecule has 17 heavy (non-hydrogen) atoms. The van der Waals surface area contributed by atoms with E-state index in [1.807, 2.05) is 0 Å². The van der Waals surface area contributed by atoms with Crippen molar-refractivity contribution >= 4 is 56.7 Å². The van der Waals surface area contributed by atoms with Gasteiger partial charge in [-0.2, -0.15) is 0 Å². The van der Waals surface area contributed by atoms with E-state index in [1.54, 1.807) is 0 Å². The van der Waals surface area contributed by atoms with E-state index in [9.17, 15) is 0 Å². The molecule has 0 amide bonds. The summed E-state index contributed by atoms with van der Waals surface area (Å²) >= 11 is 17.0. The summed E-state index contributed by atoms with van der Waals surface area (Å²) in [5.74, 6) is 0.115. The molecule has 0 aliphatic rings. The lowest BCUT2D eigenvalue weighted by atomic mass is 10.3. The van der Waals surface area contributed by atoms with E-state index < -0.39 is 14.7 Å². The Morgan fingerprint density at radius 3 is 2.35 bits per heavy atom. The van der Waals surface area contributed by atoms with Gasteiger partial charge in [0.2, 0.25) is 3.79 Å². The van der Waals surface area contributed by atoms with Gasteiger partial charge in [0.15, 0.2) is 5.82 Å². The van der Waals surface area contributed by atoms with E-state index in [4.69, 9.17) is 48.5 Å². The lowest BCUT2D eigenvalue weighted by molar-refractivity contribution is 0.376. The molecule has 2 rings (SSSR count). The molecule has 0 saturated carbocycles. The lowest BCUT2D eigenvalue weighted by Gasteiger charge is -2.18. The zero-order chi connectivity index (χ0) is 12.8. The van der Waals surface area contributed by atoms with Crippen LogP contribution in [0.3, 0.4) is 0 Å². The van der Waals surface area contributed by atoms with Crippen LogP contribution >= 0.6 is 45.7 Å². The number of aromatic amines is 1. The summed E-state index contributed by atoms with van der Waals surface area (Å²) in [7, 11) is -3.77. The fourth-order valence-corrected chi connectivity index (χ4v) is 2.09. The Labute approximate surface area is 113 Å². The van der Waals surface area contributed by atoms with Crippen LogP contribution in [0.1, 0.15) is 5.82 Å². The summed E-state index contributed by atoms with van der Waals surface area (Å²) in [5.41, 5.74) is 0.913. The third-order valence-corrected chi connectivity index (χ3v) is 3.46. The second-order valence-corrected chi connectivity index (χ2v) is 7.07. The van der Waals surface area contributed by atoms with E-state index in [2.05, 4.69) is 9.97 Å². The molecule has 0 saturated heterocycles. The molecule has 9 heteroatoms. The molecule has 0 radical (unpaired) electrons.